The third-order valence-corrected chi connectivity index (χ3v) is 5.41. The highest BCUT2D eigenvalue weighted by atomic mass is 35.5. The zero-order chi connectivity index (χ0) is 17.8. The molecule has 2 unspecified atom stereocenters. The van der Waals surface area contributed by atoms with Crippen molar-refractivity contribution in [3.63, 3.8) is 0 Å². The molecule has 27 heavy (non-hydrogen) atoms. The van der Waals surface area contributed by atoms with E-state index in [1.165, 1.54) is 12.8 Å². The summed E-state index contributed by atoms with van der Waals surface area (Å²) in [5.41, 5.74) is 1.05. The van der Waals surface area contributed by atoms with Gasteiger partial charge in [-0.1, -0.05) is 30.3 Å². The molecule has 0 spiro atoms. The van der Waals surface area contributed by atoms with E-state index in [1.807, 2.05) is 54.6 Å². The second-order valence-corrected chi connectivity index (χ2v) is 7.52. The first kappa shape index (κ1) is 19.7. The third kappa shape index (κ3) is 5.47. The summed E-state index contributed by atoms with van der Waals surface area (Å²) in [7, 11) is 0. The molecule has 4 rings (SSSR count). The van der Waals surface area contributed by atoms with Crippen LogP contribution >= 0.6 is 12.4 Å². The number of amides is 1. The van der Waals surface area contributed by atoms with Gasteiger partial charge in [0.25, 0.3) is 0 Å². The second kappa shape index (κ2) is 9.25. The maximum atomic E-state index is 12.3. The number of hydrogen-bond acceptors (Lipinski definition) is 3. The molecule has 0 aliphatic carbocycles. The Morgan fingerprint density at radius 3 is 2.44 bits per heavy atom. The summed E-state index contributed by atoms with van der Waals surface area (Å²) in [6.45, 7) is 0.544. The summed E-state index contributed by atoms with van der Waals surface area (Å²) in [6, 6.07) is 18.9. The van der Waals surface area contributed by atoms with E-state index in [9.17, 15) is 4.79 Å². The van der Waals surface area contributed by atoms with Crippen molar-refractivity contribution in [1.29, 1.82) is 0 Å². The highest BCUT2D eigenvalue weighted by Gasteiger charge is 2.34. The second-order valence-electron chi connectivity index (χ2n) is 7.52. The van der Waals surface area contributed by atoms with E-state index in [0.717, 1.165) is 29.9 Å². The Hall–Kier alpha value is -2.04. The van der Waals surface area contributed by atoms with E-state index >= 15 is 0 Å². The number of carbonyl (C=O) groups excluding carboxylic acids is 1. The SMILES string of the molecule is Cl.O=C(CC1CC2CCC(C1)N2)NCc1cccc(Oc2ccccc2)c1. The van der Waals surface area contributed by atoms with Gasteiger partial charge in [0.15, 0.2) is 0 Å². The van der Waals surface area contributed by atoms with Gasteiger partial charge < -0.3 is 15.4 Å². The number of rotatable bonds is 6. The van der Waals surface area contributed by atoms with E-state index in [1.54, 1.807) is 0 Å². The van der Waals surface area contributed by atoms with Gasteiger partial charge in [-0.3, -0.25) is 4.79 Å². The fraction of sp³-hybridized carbons (Fsp3) is 0.409. The lowest BCUT2D eigenvalue weighted by Gasteiger charge is -2.28. The number of nitrogens with one attached hydrogen (secondary N) is 2. The number of piperidine rings is 1. The number of halogens is 1. The predicted octanol–water partition coefficient (Wildman–Crippen LogP) is 4.44. The molecule has 144 valence electrons. The first-order valence-corrected chi connectivity index (χ1v) is 9.59. The Morgan fingerprint density at radius 2 is 1.70 bits per heavy atom. The quantitative estimate of drug-likeness (QED) is 0.771. The van der Waals surface area contributed by atoms with Crippen LogP contribution in [0.1, 0.15) is 37.7 Å². The maximum Gasteiger partial charge on any atom is 0.220 e. The Morgan fingerprint density at radius 1 is 1.00 bits per heavy atom. The first-order chi connectivity index (χ1) is 12.7. The molecular formula is C22H27ClN2O2. The van der Waals surface area contributed by atoms with Crippen LogP contribution in [-0.2, 0) is 11.3 Å². The molecule has 2 aromatic rings. The summed E-state index contributed by atoms with van der Waals surface area (Å²) in [5, 5.41) is 6.70. The Balaban J connectivity index is 0.00000210. The van der Waals surface area contributed by atoms with Crippen LogP contribution in [-0.4, -0.2) is 18.0 Å². The van der Waals surface area contributed by atoms with Crippen LogP contribution < -0.4 is 15.4 Å². The number of carbonyl (C=O) groups is 1. The fourth-order valence-corrected chi connectivity index (χ4v) is 4.22. The monoisotopic (exact) mass is 386 g/mol. The molecule has 2 aliphatic rings. The van der Waals surface area contributed by atoms with Crippen LogP contribution in [0.5, 0.6) is 11.5 Å². The van der Waals surface area contributed by atoms with Gasteiger partial charge in [-0.2, -0.15) is 0 Å². The number of para-hydroxylation sites is 1. The minimum Gasteiger partial charge on any atom is -0.457 e. The van der Waals surface area contributed by atoms with Gasteiger partial charge in [0, 0.05) is 25.0 Å². The van der Waals surface area contributed by atoms with E-state index in [0.29, 0.717) is 31.0 Å². The Kier molecular flexibility index (Phi) is 6.75. The normalized spacial score (nSPS) is 23.3. The van der Waals surface area contributed by atoms with Crippen molar-refractivity contribution in [3.05, 3.63) is 60.2 Å². The van der Waals surface area contributed by atoms with Crippen LogP contribution in [0.15, 0.2) is 54.6 Å². The molecule has 2 aromatic carbocycles. The van der Waals surface area contributed by atoms with E-state index in [-0.39, 0.29) is 18.3 Å². The van der Waals surface area contributed by atoms with Crippen LogP contribution in [0.3, 0.4) is 0 Å². The summed E-state index contributed by atoms with van der Waals surface area (Å²) < 4.78 is 5.86. The summed E-state index contributed by atoms with van der Waals surface area (Å²) in [4.78, 5) is 12.3. The highest BCUT2D eigenvalue weighted by Crippen LogP contribution is 2.32. The topological polar surface area (TPSA) is 50.4 Å². The molecule has 2 fully saturated rings. The van der Waals surface area contributed by atoms with Crippen molar-refractivity contribution in [2.24, 2.45) is 5.92 Å². The molecule has 2 bridgehead atoms. The van der Waals surface area contributed by atoms with E-state index in [4.69, 9.17) is 4.74 Å². The van der Waals surface area contributed by atoms with Crippen molar-refractivity contribution in [1.82, 2.24) is 10.6 Å². The van der Waals surface area contributed by atoms with Gasteiger partial charge in [-0.25, -0.2) is 0 Å². The standard InChI is InChI=1S/C22H26N2O2.ClH/c25-22(14-17-11-18-9-10-19(12-17)24-18)23-15-16-5-4-8-21(13-16)26-20-6-2-1-3-7-20;/h1-8,13,17-19,24H,9-12,14-15H2,(H,23,25);1H. The Labute approximate surface area is 167 Å². The molecular weight excluding hydrogens is 360 g/mol. The molecule has 5 heteroatoms. The third-order valence-electron chi connectivity index (χ3n) is 5.41. The largest absolute Gasteiger partial charge is 0.457 e. The average Bonchev–Trinajstić information content (AvgIpc) is 2.99. The van der Waals surface area contributed by atoms with Gasteiger partial charge in [0.05, 0.1) is 0 Å². The van der Waals surface area contributed by atoms with Crippen molar-refractivity contribution in [2.75, 3.05) is 0 Å². The van der Waals surface area contributed by atoms with Crippen molar-refractivity contribution < 1.29 is 9.53 Å². The summed E-state index contributed by atoms with van der Waals surface area (Å²) in [6.07, 6.45) is 5.48. The molecule has 0 aromatic heterocycles. The molecule has 2 N–H and O–H groups in total. The van der Waals surface area contributed by atoms with Crippen molar-refractivity contribution in [2.45, 2.75) is 50.7 Å². The molecule has 2 saturated heterocycles. The van der Waals surface area contributed by atoms with Gasteiger partial charge >= 0.3 is 0 Å². The molecule has 2 atom stereocenters. The maximum absolute atomic E-state index is 12.3. The van der Waals surface area contributed by atoms with Gasteiger partial charge in [0.2, 0.25) is 5.91 Å². The minimum atomic E-state index is 0. The predicted molar refractivity (Wildman–Crippen MR) is 109 cm³/mol. The average molecular weight is 387 g/mol. The first-order valence-electron chi connectivity index (χ1n) is 9.59. The zero-order valence-electron chi connectivity index (χ0n) is 15.4. The van der Waals surface area contributed by atoms with E-state index in [2.05, 4.69) is 10.6 Å². The number of ether oxygens (including phenoxy) is 1. The molecule has 1 amide bonds. The van der Waals surface area contributed by atoms with Crippen molar-refractivity contribution in [3.8, 4) is 11.5 Å². The van der Waals surface area contributed by atoms with Gasteiger partial charge in [0.1, 0.15) is 11.5 Å². The van der Waals surface area contributed by atoms with Gasteiger partial charge in [-0.15, -0.1) is 12.4 Å². The zero-order valence-corrected chi connectivity index (χ0v) is 16.2. The van der Waals surface area contributed by atoms with Crippen LogP contribution in [0.25, 0.3) is 0 Å². The minimum absolute atomic E-state index is 0. The van der Waals surface area contributed by atoms with Crippen LogP contribution in [0.4, 0.5) is 0 Å². The number of hydrogen-bond donors (Lipinski definition) is 2. The van der Waals surface area contributed by atoms with E-state index < -0.39 is 0 Å². The lowest BCUT2D eigenvalue weighted by molar-refractivity contribution is -0.122. The molecule has 2 aliphatic heterocycles. The number of fused-ring (bicyclic) bond motifs is 2. The van der Waals surface area contributed by atoms with Gasteiger partial charge in [-0.05, 0) is 61.4 Å². The number of benzene rings is 2. The lowest BCUT2D eigenvalue weighted by Crippen LogP contribution is -2.39. The summed E-state index contributed by atoms with van der Waals surface area (Å²) in [5.74, 6) is 2.29. The van der Waals surface area contributed by atoms with Crippen molar-refractivity contribution >= 4 is 18.3 Å². The summed E-state index contributed by atoms with van der Waals surface area (Å²) >= 11 is 0. The molecule has 0 radical (unpaired) electrons. The Bertz CT molecular complexity index is 741. The lowest BCUT2D eigenvalue weighted by atomic mass is 9.89. The smallest absolute Gasteiger partial charge is 0.220 e. The van der Waals surface area contributed by atoms with Crippen LogP contribution in [0.2, 0.25) is 0 Å². The fourth-order valence-electron chi connectivity index (χ4n) is 4.22. The molecule has 4 nitrogen and oxygen atoms in total. The molecule has 0 saturated carbocycles. The van der Waals surface area contributed by atoms with Crippen LogP contribution in [0, 0.1) is 5.92 Å². The highest BCUT2D eigenvalue weighted by molar-refractivity contribution is 5.85. The molecule has 2 heterocycles.